The van der Waals surface area contributed by atoms with E-state index in [0.717, 1.165) is 43.9 Å². The normalized spacial score (nSPS) is 16.0. The Morgan fingerprint density at radius 3 is 3.12 bits per heavy atom. The van der Waals surface area contributed by atoms with Crippen LogP contribution in [0.1, 0.15) is 18.9 Å². The zero-order chi connectivity index (χ0) is 12.1. The predicted octanol–water partition coefficient (Wildman–Crippen LogP) is 1.91. The Bertz CT molecular complexity index is 440. The molecule has 17 heavy (non-hydrogen) atoms. The minimum Gasteiger partial charge on any atom is -0.369 e. The van der Waals surface area contributed by atoms with Crippen LogP contribution in [0.3, 0.4) is 0 Å². The number of pyridine rings is 1. The summed E-state index contributed by atoms with van der Waals surface area (Å²) in [7, 11) is 0. The summed E-state index contributed by atoms with van der Waals surface area (Å²) >= 11 is 6.00. The van der Waals surface area contributed by atoms with E-state index in [1.54, 1.807) is 6.92 Å². The number of aromatic nitrogens is 1. The number of rotatable bonds is 1. The first kappa shape index (κ1) is 12.2. The Labute approximate surface area is 107 Å². The lowest BCUT2D eigenvalue weighted by Crippen LogP contribution is -2.27. The van der Waals surface area contributed by atoms with Crippen molar-refractivity contribution < 1.29 is 0 Å². The fraction of sp³-hybridized carbons (Fsp3) is 0.462. The third kappa shape index (κ3) is 3.12. The quantitative estimate of drug-likeness (QED) is 0.609. The number of anilines is 1. The second-order valence-electron chi connectivity index (χ2n) is 4.00. The molecule has 1 aromatic heterocycles. The average molecular weight is 250 g/mol. The van der Waals surface area contributed by atoms with E-state index >= 15 is 0 Å². The molecule has 1 aliphatic heterocycles. The third-order valence-corrected chi connectivity index (χ3v) is 3.09. The predicted molar refractivity (Wildman–Crippen MR) is 71.5 cm³/mol. The van der Waals surface area contributed by atoms with Gasteiger partial charge in [0.25, 0.3) is 0 Å². The fourth-order valence-corrected chi connectivity index (χ4v) is 2.09. The second-order valence-corrected chi connectivity index (χ2v) is 4.36. The number of halogens is 1. The standard InChI is InChI=1S/C13H16ClN3/c1-2-4-11-9-12(10-16-13(11)14)17-7-3-5-15-6-8-17/h9-10,15H,3,5-8H2,1H3. The largest absolute Gasteiger partial charge is 0.369 e. The molecule has 90 valence electrons. The Hall–Kier alpha value is -1.24. The van der Waals surface area contributed by atoms with Crippen molar-refractivity contribution in [3.8, 4) is 11.8 Å². The molecule has 0 aliphatic carbocycles. The topological polar surface area (TPSA) is 28.2 Å². The van der Waals surface area contributed by atoms with E-state index in [1.807, 2.05) is 12.3 Å². The molecule has 0 bridgehead atoms. The molecule has 1 fully saturated rings. The van der Waals surface area contributed by atoms with Crippen molar-refractivity contribution in [2.24, 2.45) is 0 Å². The SMILES string of the molecule is CC#Cc1cc(N2CCCNCC2)cnc1Cl. The molecule has 2 heterocycles. The zero-order valence-electron chi connectivity index (χ0n) is 9.96. The van der Waals surface area contributed by atoms with Crippen molar-refractivity contribution >= 4 is 17.3 Å². The first-order chi connectivity index (χ1) is 8.31. The Balaban J connectivity index is 2.24. The molecule has 3 nitrogen and oxygen atoms in total. The molecular weight excluding hydrogens is 234 g/mol. The van der Waals surface area contributed by atoms with Gasteiger partial charge in [0.2, 0.25) is 0 Å². The highest BCUT2D eigenvalue weighted by Crippen LogP contribution is 2.20. The van der Waals surface area contributed by atoms with Crippen molar-refractivity contribution in [3.05, 3.63) is 23.0 Å². The molecule has 1 aromatic rings. The molecule has 0 spiro atoms. The van der Waals surface area contributed by atoms with E-state index in [1.165, 1.54) is 0 Å². The lowest BCUT2D eigenvalue weighted by Gasteiger charge is -2.22. The maximum Gasteiger partial charge on any atom is 0.144 e. The van der Waals surface area contributed by atoms with Crippen LogP contribution in [0.5, 0.6) is 0 Å². The van der Waals surface area contributed by atoms with E-state index in [4.69, 9.17) is 11.6 Å². The van der Waals surface area contributed by atoms with Crippen LogP contribution in [0, 0.1) is 11.8 Å². The molecule has 2 rings (SSSR count). The first-order valence-electron chi connectivity index (χ1n) is 5.85. The number of nitrogens with zero attached hydrogens (tertiary/aromatic N) is 2. The molecular formula is C13H16ClN3. The summed E-state index contributed by atoms with van der Waals surface area (Å²) < 4.78 is 0. The maximum atomic E-state index is 6.00. The van der Waals surface area contributed by atoms with Gasteiger partial charge in [-0.15, -0.1) is 5.92 Å². The molecule has 1 aliphatic rings. The van der Waals surface area contributed by atoms with Crippen LogP contribution in [0.15, 0.2) is 12.3 Å². The highest BCUT2D eigenvalue weighted by atomic mass is 35.5. The van der Waals surface area contributed by atoms with Gasteiger partial charge in [0, 0.05) is 19.6 Å². The van der Waals surface area contributed by atoms with E-state index in [0.29, 0.717) is 5.15 Å². The van der Waals surface area contributed by atoms with Crippen molar-refractivity contribution in [1.82, 2.24) is 10.3 Å². The highest BCUT2D eigenvalue weighted by Gasteiger charge is 2.11. The van der Waals surface area contributed by atoms with Crippen LogP contribution in [-0.2, 0) is 0 Å². The second kappa shape index (κ2) is 5.90. The van der Waals surface area contributed by atoms with Gasteiger partial charge in [-0.3, -0.25) is 0 Å². The van der Waals surface area contributed by atoms with Crippen molar-refractivity contribution in [2.75, 3.05) is 31.1 Å². The number of nitrogens with one attached hydrogen (secondary N) is 1. The molecule has 4 heteroatoms. The molecule has 0 saturated carbocycles. The highest BCUT2D eigenvalue weighted by molar-refractivity contribution is 6.30. The van der Waals surface area contributed by atoms with E-state index < -0.39 is 0 Å². The van der Waals surface area contributed by atoms with Crippen LogP contribution in [0.2, 0.25) is 5.15 Å². The summed E-state index contributed by atoms with van der Waals surface area (Å²) in [6, 6.07) is 2.02. The first-order valence-corrected chi connectivity index (χ1v) is 6.23. The van der Waals surface area contributed by atoms with Gasteiger partial charge >= 0.3 is 0 Å². The maximum absolute atomic E-state index is 6.00. The van der Waals surface area contributed by atoms with Crippen LogP contribution in [0.25, 0.3) is 0 Å². The van der Waals surface area contributed by atoms with Gasteiger partial charge in [-0.05, 0) is 26.0 Å². The van der Waals surface area contributed by atoms with E-state index in [9.17, 15) is 0 Å². The smallest absolute Gasteiger partial charge is 0.144 e. The Morgan fingerprint density at radius 1 is 1.41 bits per heavy atom. The van der Waals surface area contributed by atoms with Crippen LogP contribution in [0.4, 0.5) is 5.69 Å². The lowest BCUT2D eigenvalue weighted by atomic mass is 10.2. The molecule has 1 N–H and O–H groups in total. The number of hydrogen-bond donors (Lipinski definition) is 1. The molecule has 0 unspecified atom stereocenters. The fourth-order valence-electron chi connectivity index (χ4n) is 1.94. The summed E-state index contributed by atoms with van der Waals surface area (Å²) in [5, 5.41) is 3.86. The Morgan fingerprint density at radius 2 is 2.29 bits per heavy atom. The summed E-state index contributed by atoms with van der Waals surface area (Å²) in [6.45, 7) is 5.95. The van der Waals surface area contributed by atoms with Gasteiger partial charge < -0.3 is 10.2 Å². The van der Waals surface area contributed by atoms with Gasteiger partial charge in [0.15, 0.2) is 0 Å². The summed E-state index contributed by atoms with van der Waals surface area (Å²) in [5.74, 6) is 5.85. The van der Waals surface area contributed by atoms with Gasteiger partial charge in [0.05, 0.1) is 17.4 Å². The summed E-state index contributed by atoms with van der Waals surface area (Å²) in [4.78, 5) is 6.53. The molecule has 0 amide bonds. The summed E-state index contributed by atoms with van der Waals surface area (Å²) in [5.41, 5.74) is 1.92. The third-order valence-electron chi connectivity index (χ3n) is 2.79. The van der Waals surface area contributed by atoms with Gasteiger partial charge in [-0.1, -0.05) is 17.5 Å². The molecule has 1 saturated heterocycles. The van der Waals surface area contributed by atoms with Crippen molar-refractivity contribution in [2.45, 2.75) is 13.3 Å². The van der Waals surface area contributed by atoms with Gasteiger partial charge in [-0.25, -0.2) is 4.98 Å². The van der Waals surface area contributed by atoms with Gasteiger partial charge in [0.1, 0.15) is 5.15 Å². The summed E-state index contributed by atoms with van der Waals surface area (Å²) in [6.07, 6.45) is 2.98. The van der Waals surface area contributed by atoms with Crippen molar-refractivity contribution in [3.63, 3.8) is 0 Å². The van der Waals surface area contributed by atoms with Gasteiger partial charge in [-0.2, -0.15) is 0 Å². The van der Waals surface area contributed by atoms with Crippen LogP contribution < -0.4 is 10.2 Å². The van der Waals surface area contributed by atoms with E-state index in [-0.39, 0.29) is 0 Å². The number of hydrogen-bond acceptors (Lipinski definition) is 3. The minimum absolute atomic E-state index is 0.482. The lowest BCUT2D eigenvalue weighted by molar-refractivity contribution is 0.724. The van der Waals surface area contributed by atoms with Crippen LogP contribution in [-0.4, -0.2) is 31.2 Å². The average Bonchev–Trinajstić information content (AvgIpc) is 2.61. The minimum atomic E-state index is 0.482. The molecule has 0 aromatic carbocycles. The zero-order valence-corrected chi connectivity index (χ0v) is 10.7. The molecule has 0 radical (unpaired) electrons. The van der Waals surface area contributed by atoms with E-state index in [2.05, 4.69) is 27.0 Å². The van der Waals surface area contributed by atoms with Crippen molar-refractivity contribution in [1.29, 1.82) is 0 Å². The Kier molecular flexibility index (Phi) is 4.24. The molecule has 0 atom stereocenters. The van der Waals surface area contributed by atoms with Crippen LogP contribution >= 0.6 is 11.6 Å². The monoisotopic (exact) mass is 249 g/mol.